The number of benzene rings is 3. The first kappa shape index (κ1) is 24.3. The van der Waals surface area contributed by atoms with Gasteiger partial charge < -0.3 is 10.1 Å². The summed E-state index contributed by atoms with van der Waals surface area (Å²) in [4.78, 5) is 13.5. The molecule has 1 unspecified atom stereocenters. The van der Waals surface area contributed by atoms with Gasteiger partial charge in [-0.2, -0.15) is 0 Å². The van der Waals surface area contributed by atoms with E-state index in [0.29, 0.717) is 10.7 Å². The molecule has 6 nitrogen and oxygen atoms in total. The molecule has 1 amide bonds. The normalized spacial score (nSPS) is 12.1. The number of carbonyl (C=O) groups is 1. The molecule has 168 valence electrons. The Morgan fingerprint density at radius 2 is 1.66 bits per heavy atom. The third kappa shape index (κ3) is 6.32. The fraction of sp³-hybridized carbons (Fsp3) is 0.136. The van der Waals surface area contributed by atoms with Crippen LogP contribution in [0, 0.1) is 0 Å². The summed E-state index contributed by atoms with van der Waals surface area (Å²) in [7, 11) is -2.27. The molecule has 0 aromatic heterocycles. The standard InChI is InChI=1S/C22H20Cl2N2O4S2/c1-14(31-18-8-6-17(30-2)7-9-18)22(27)25-16-4-10-19(11-5-16)32(28,29)26-21-12-3-15(23)13-20(21)24/h3-14,26H,1-2H3,(H,25,27). The second-order valence-electron chi connectivity index (χ2n) is 6.68. The Morgan fingerprint density at radius 1 is 1.00 bits per heavy atom. The van der Waals surface area contributed by atoms with Crippen LogP contribution in [-0.2, 0) is 14.8 Å². The maximum Gasteiger partial charge on any atom is 0.261 e. The maximum absolute atomic E-state index is 12.6. The lowest BCUT2D eigenvalue weighted by Gasteiger charge is -2.13. The average Bonchev–Trinajstić information content (AvgIpc) is 2.76. The molecule has 0 bridgehead atoms. The van der Waals surface area contributed by atoms with Crippen LogP contribution in [0.4, 0.5) is 11.4 Å². The minimum absolute atomic E-state index is 0.0298. The highest BCUT2D eigenvalue weighted by molar-refractivity contribution is 8.00. The topological polar surface area (TPSA) is 84.5 Å². The smallest absolute Gasteiger partial charge is 0.261 e. The van der Waals surface area contributed by atoms with E-state index in [2.05, 4.69) is 10.0 Å². The number of nitrogens with one attached hydrogen (secondary N) is 2. The van der Waals surface area contributed by atoms with Crippen LogP contribution in [0.1, 0.15) is 6.92 Å². The van der Waals surface area contributed by atoms with Crippen molar-refractivity contribution in [3.63, 3.8) is 0 Å². The third-order valence-electron chi connectivity index (χ3n) is 4.35. The highest BCUT2D eigenvalue weighted by Gasteiger charge is 2.18. The van der Waals surface area contributed by atoms with E-state index in [9.17, 15) is 13.2 Å². The molecule has 0 aliphatic heterocycles. The predicted molar refractivity (Wildman–Crippen MR) is 131 cm³/mol. The van der Waals surface area contributed by atoms with Gasteiger partial charge in [-0.3, -0.25) is 9.52 Å². The Hall–Kier alpha value is -2.39. The molecule has 0 heterocycles. The molecule has 3 rings (SSSR count). The van der Waals surface area contributed by atoms with Gasteiger partial charge in [0.05, 0.1) is 28.0 Å². The van der Waals surface area contributed by atoms with Gasteiger partial charge >= 0.3 is 0 Å². The largest absolute Gasteiger partial charge is 0.497 e. The number of rotatable bonds is 8. The summed E-state index contributed by atoms with van der Waals surface area (Å²) < 4.78 is 32.8. The number of halogens is 2. The molecule has 10 heteroatoms. The molecule has 0 fully saturated rings. The van der Waals surface area contributed by atoms with Crippen LogP contribution < -0.4 is 14.8 Å². The molecular formula is C22H20Cl2N2O4S2. The molecule has 0 saturated carbocycles. The number of methoxy groups -OCH3 is 1. The molecule has 3 aromatic rings. The molecule has 0 spiro atoms. The van der Waals surface area contributed by atoms with E-state index >= 15 is 0 Å². The number of hydrogen-bond acceptors (Lipinski definition) is 5. The van der Waals surface area contributed by atoms with Crippen LogP contribution >= 0.6 is 35.0 Å². The van der Waals surface area contributed by atoms with Crippen molar-refractivity contribution in [3.05, 3.63) is 76.8 Å². The molecular weight excluding hydrogens is 491 g/mol. The zero-order valence-corrected chi connectivity index (χ0v) is 20.3. The van der Waals surface area contributed by atoms with Gasteiger partial charge in [-0.25, -0.2) is 8.42 Å². The fourth-order valence-corrected chi connectivity index (χ4v) is 5.11. The number of thioether (sulfide) groups is 1. The minimum Gasteiger partial charge on any atom is -0.497 e. The van der Waals surface area contributed by atoms with Crippen LogP contribution in [0.3, 0.4) is 0 Å². The number of sulfonamides is 1. The summed E-state index contributed by atoms with van der Waals surface area (Å²) in [6.07, 6.45) is 0. The first-order valence-corrected chi connectivity index (χ1v) is 12.5. The monoisotopic (exact) mass is 510 g/mol. The predicted octanol–water partition coefficient (Wildman–Crippen LogP) is 5.92. The number of anilines is 2. The van der Waals surface area contributed by atoms with Gasteiger partial charge in [0.2, 0.25) is 5.91 Å². The van der Waals surface area contributed by atoms with Crippen LogP contribution in [0.5, 0.6) is 5.75 Å². The average molecular weight is 511 g/mol. The van der Waals surface area contributed by atoms with Gasteiger partial charge in [0.25, 0.3) is 10.0 Å². The lowest BCUT2D eigenvalue weighted by atomic mass is 10.3. The Bertz CT molecular complexity index is 1200. The second-order valence-corrected chi connectivity index (χ2v) is 10.6. The first-order valence-electron chi connectivity index (χ1n) is 9.37. The van der Waals surface area contributed by atoms with Gasteiger partial charge in [-0.1, -0.05) is 23.2 Å². The number of ether oxygens (including phenoxy) is 1. The van der Waals surface area contributed by atoms with Crippen molar-refractivity contribution in [3.8, 4) is 5.75 Å². The summed E-state index contributed by atoms with van der Waals surface area (Å²) in [6.45, 7) is 1.79. The van der Waals surface area contributed by atoms with E-state index in [1.54, 1.807) is 14.0 Å². The van der Waals surface area contributed by atoms with E-state index in [-0.39, 0.29) is 26.8 Å². The molecule has 0 radical (unpaired) electrons. The second kappa shape index (κ2) is 10.5. The van der Waals surface area contributed by atoms with Crippen molar-refractivity contribution in [1.29, 1.82) is 0 Å². The summed E-state index contributed by atoms with van der Waals surface area (Å²) in [5, 5.41) is 3.02. The number of amides is 1. The highest BCUT2D eigenvalue weighted by atomic mass is 35.5. The third-order valence-corrected chi connectivity index (χ3v) is 7.39. The zero-order chi connectivity index (χ0) is 23.3. The molecule has 2 N–H and O–H groups in total. The van der Waals surface area contributed by atoms with Crippen LogP contribution in [0.25, 0.3) is 0 Å². The quantitative estimate of drug-likeness (QED) is 0.367. The molecule has 0 saturated heterocycles. The lowest BCUT2D eigenvalue weighted by molar-refractivity contribution is -0.115. The van der Waals surface area contributed by atoms with Crippen molar-refractivity contribution in [2.75, 3.05) is 17.1 Å². The fourth-order valence-electron chi connectivity index (χ4n) is 2.65. The van der Waals surface area contributed by atoms with Crippen molar-refractivity contribution < 1.29 is 17.9 Å². The van der Waals surface area contributed by atoms with Gasteiger partial charge in [-0.05, 0) is 73.7 Å². The van der Waals surface area contributed by atoms with Crippen molar-refractivity contribution in [2.45, 2.75) is 22.0 Å². The first-order chi connectivity index (χ1) is 15.2. The maximum atomic E-state index is 12.6. The van der Waals surface area contributed by atoms with E-state index < -0.39 is 10.0 Å². The summed E-state index contributed by atoms with van der Waals surface area (Å²) >= 11 is 13.3. The Labute approximate surface area is 201 Å². The Morgan fingerprint density at radius 3 is 2.25 bits per heavy atom. The summed E-state index contributed by atoms with van der Waals surface area (Å²) in [6, 6.07) is 17.8. The summed E-state index contributed by atoms with van der Waals surface area (Å²) in [5.74, 6) is 0.543. The lowest BCUT2D eigenvalue weighted by Crippen LogP contribution is -2.22. The Kier molecular flexibility index (Phi) is 7.95. The van der Waals surface area contributed by atoms with Crippen LogP contribution in [0.15, 0.2) is 76.5 Å². The highest BCUT2D eigenvalue weighted by Crippen LogP contribution is 2.29. The molecule has 0 aliphatic carbocycles. The van der Waals surface area contributed by atoms with Gasteiger partial charge in [0.1, 0.15) is 5.75 Å². The van der Waals surface area contributed by atoms with Crippen LogP contribution in [-0.4, -0.2) is 26.7 Å². The molecule has 0 aliphatic rings. The van der Waals surface area contributed by atoms with Crippen molar-refractivity contribution in [1.82, 2.24) is 0 Å². The molecule has 3 aromatic carbocycles. The number of carbonyl (C=O) groups excluding carboxylic acids is 1. The van der Waals surface area contributed by atoms with E-state index in [1.807, 2.05) is 24.3 Å². The van der Waals surface area contributed by atoms with Crippen LogP contribution in [0.2, 0.25) is 10.0 Å². The molecule has 1 atom stereocenters. The van der Waals surface area contributed by atoms with Gasteiger partial charge in [0, 0.05) is 15.6 Å². The van der Waals surface area contributed by atoms with Gasteiger partial charge in [-0.15, -0.1) is 11.8 Å². The SMILES string of the molecule is COc1ccc(SC(C)C(=O)Nc2ccc(S(=O)(=O)Nc3ccc(Cl)cc3Cl)cc2)cc1. The molecule has 32 heavy (non-hydrogen) atoms. The zero-order valence-electron chi connectivity index (χ0n) is 17.1. The summed E-state index contributed by atoms with van der Waals surface area (Å²) in [5.41, 5.74) is 0.707. The van der Waals surface area contributed by atoms with E-state index in [4.69, 9.17) is 27.9 Å². The van der Waals surface area contributed by atoms with Crippen molar-refractivity contribution in [2.24, 2.45) is 0 Å². The Balaban J connectivity index is 1.63. The minimum atomic E-state index is -3.86. The van der Waals surface area contributed by atoms with E-state index in [0.717, 1.165) is 10.6 Å². The van der Waals surface area contributed by atoms with E-state index in [1.165, 1.54) is 54.2 Å². The van der Waals surface area contributed by atoms with Gasteiger partial charge in [0.15, 0.2) is 0 Å². The van der Waals surface area contributed by atoms with Crippen molar-refractivity contribution >= 4 is 62.3 Å². The number of hydrogen-bond donors (Lipinski definition) is 2.